The summed E-state index contributed by atoms with van der Waals surface area (Å²) < 4.78 is 0.697. The second-order valence-electron chi connectivity index (χ2n) is 5.24. The molecule has 1 atom stereocenters. The van der Waals surface area contributed by atoms with E-state index in [1.54, 1.807) is 25.1 Å². The molecule has 3 aromatic rings. The van der Waals surface area contributed by atoms with Gasteiger partial charge in [0.05, 0.1) is 16.0 Å². The van der Waals surface area contributed by atoms with Crippen LogP contribution in [0.25, 0.3) is 0 Å². The Bertz CT molecular complexity index is 905. The Morgan fingerprint density at radius 2 is 1.92 bits per heavy atom. The number of nitrogens with zero attached hydrogens (tertiary/aromatic N) is 2. The summed E-state index contributed by atoms with van der Waals surface area (Å²) in [6, 6.07) is 14.6. The van der Waals surface area contributed by atoms with E-state index < -0.39 is 0 Å². The smallest absolute Gasteiger partial charge is 0.237 e. The third-order valence-electron chi connectivity index (χ3n) is 3.26. The Kier molecular flexibility index (Phi) is 6.37. The number of thioether (sulfide) groups is 1. The fourth-order valence-electron chi connectivity index (χ4n) is 1.99. The van der Waals surface area contributed by atoms with Crippen LogP contribution in [0.1, 0.15) is 6.92 Å². The molecule has 1 amide bonds. The molecule has 9 heteroatoms. The number of hydrogen-bond acceptors (Lipinski definition) is 6. The van der Waals surface area contributed by atoms with Crippen LogP contribution in [0.3, 0.4) is 0 Å². The van der Waals surface area contributed by atoms with E-state index in [9.17, 15) is 4.79 Å². The number of carbonyl (C=O) groups excluding carboxylic acids is 1. The monoisotopic (exact) mass is 424 g/mol. The lowest BCUT2D eigenvalue weighted by molar-refractivity contribution is -0.115. The third kappa shape index (κ3) is 5.11. The van der Waals surface area contributed by atoms with E-state index in [-0.39, 0.29) is 11.2 Å². The minimum Gasteiger partial charge on any atom is -0.330 e. The predicted octanol–water partition coefficient (Wildman–Crippen LogP) is 5.71. The molecule has 0 aliphatic heterocycles. The summed E-state index contributed by atoms with van der Waals surface area (Å²) in [4.78, 5) is 12.4. The fraction of sp³-hybridized carbons (Fsp3) is 0.118. The number of carbonyl (C=O) groups is 1. The summed E-state index contributed by atoms with van der Waals surface area (Å²) in [5.41, 5.74) is 1.42. The van der Waals surface area contributed by atoms with Gasteiger partial charge in [-0.25, -0.2) is 0 Å². The Morgan fingerprint density at radius 3 is 2.69 bits per heavy atom. The number of anilines is 3. The first kappa shape index (κ1) is 19.0. The topological polar surface area (TPSA) is 66.9 Å². The highest BCUT2D eigenvalue weighted by Gasteiger charge is 2.18. The van der Waals surface area contributed by atoms with E-state index in [2.05, 4.69) is 20.8 Å². The van der Waals surface area contributed by atoms with Crippen molar-refractivity contribution >= 4 is 68.7 Å². The van der Waals surface area contributed by atoms with Crippen LogP contribution in [-0.4, -0.2) is 21.4 Å². The van der Waals surface area contributed by atoms with Gasteiger partial charge in [-0.3, -0.25) is 4.79 Å². The van der Waals surface area contributed by atoms with E-state index in [1.807, 2.05) is 30.3 Å². The maximum absolute atomic E-state index is 12.4. The number of rotatable bonds is 6. The maximum atomic E-state index is 12.4. The summed E-state index contributed by atoms with van der Waals surface area (Å²) in [5.74, 6) is -0.188. The highest BCUT2D eigenvalue weighted by molar-refractivity contribution is 8.02. The molecule has 1 aromatic heterocycles. The molecule has 0 saturated carbocycles. The van der Waals surface area contributed by atoms with Gasteiger partial charge in [0, 0.05) is 10.7 Å². The van der Waals surface area contributed by atoms with Crippen molar-refractivity contribution in [2.24, 2.45) is 0 Å². The number of amides is 1. The summed E-state index contributed by atoms with van der Waals surface area (Å²) in [6.45, 7) is 1.80. The largest absolute Gasteiger partial charge is 0.330 e. The van der Waals surface area contributed by atoms with Crippen LogP contribution in [-0.2, 0) is 4.79 Å². The van der Waals surface area contributed by atoms with E-state index in [4.69, 9.17) is 23.2 Å². The molecule has 0 aliphatic rings. The van der Waals surface area contributed by atoms with Crippen LogP contribution in [0, 0.1) is 0 Å². The Morgan fingerprint density at radius 1 is 1.15 bits per heavy atom. The predicted molar refractivity (Wildman–Crippen MR) is 110 cm³/mol. The van der Waals surface area contributed by atoms with Gasteiger partial charge in [-0.1, -0.05) is 64.5 Å². The number of halogens is 2. The Hall–Kier alpha value is -1.80. The van der Waals surface area contributed by atoms with E-state index in [1.165, 1.54) is 23.1 Å². The number of aromatic nitrogens is 2. The summed E-state index contributed by atoms with van der Waals surface area (Å²) >= 11 is 14.7. The van der Waals surface area contributed by atoms with Crippen molar-refractivity contribution in [3.05, 3.63) is 58.6 Å². The molecule has 5 nitrogen and oxygen atoms in total. The Balaban J connectivity index is 1.60. The summed E-state index contributed by atoms with van der Waals surface area (Å²) in [7, 11) is 0. The van der Waals surface area contributed by atoms with Crippen molar-refractivity contribution in [3.63, 3.8) is 0 Å². The molecule has 3 rings (SSSR count). The summed E-state index contributed by atoms with van der Waals surface area (Å²) in [6.07, 6.45) is 0. The molecule has 0 aliphatic carbocycles. The molecular weight excluding hydrogens is 411 g/mol. The first-order valence-corrected chi connectivity index (χ1v) is 10.0. The van der Waals surface area contributed by atoms with Crippen LogP contribution >= 0.6 is 46.3 Å². The highest BCUT2D eigenvalue weighted by Crippen LogP contribution is 2.32. The van der Waals surface area contributed by atoms with Gasteiger partial charge in [0.15, 0.2) is 4.34 Å². The number of nitrogens with one attached hydrogen (secondary N) is 2. The molecule has 0 spiro atoms. The first-order valence-electron chi connectivity index (χ1n) is 7.59. The zero-order valence-corrected chi connectivity index (χ0v) is 16.7. The third-order valence-corrected chi connectivity index (χ3v) is 5.85. The van der Waals surface area contributed by atoms with Crippen molar-refractivity contribution < 1.29 is 4.79 Å². The second kappa shape index (κ2) is 8.73. The number of para-hydroxylation sites is 1. The molecular formula is C17H14Cl2N4OS2. The quantitative estimate of drug-likeness (QED) is 0.496. The van der Waals surface area contributed by atoms with Crippen molar-refractivity contribution in [1.29, 1.82) is 0 Å². The van der Waals surface area contributed by atoms with Gasteiger partial charge in [-0.15, -0.1) is 10.2 Å². The molecule has 2 N–H and O–H groups in total. The van der Waals surface area contributed by atoms with E-state index in [0.717, 1.165) is 5.69 Å². The molecule has 0 fully saturated rings. The average molecular weight is 425 g/mol. The van der Waals surface area contributed by atoms with Gasteiger partial charge < -0.3 is 10.6 Å². The minimum absolute atomic E-state index is 0.188. The Labute approximate surface area is 169 Å². The van der Waals surface area contributed by atoms with Gasteiger partial charge in [0.25, 0.3) is 0 Å². The van der Waals surface area contributed by atoms with Gasteiger partial charge >= 0.3 is 0 Å². The SMILES string of the molecule is C[C@@H](Sc1nnc(Nc2ccccc2)s1)C(=O)Nc1cc(Cl)ccc1Cl. The van der Waals surface area contributed by atoms with Crippen LogP contribution in [0.15, 0.2) is 52.9 Å². The van der Waals surface area contributed by atoms with Crippen LogP contribution in [0.2, 0.25) is 10.0 Å². The van der Waals surface area contributed by atoms with E-state index >= 15 is 0 Å². The van der Waals surface area contributed by atoms with Crippen molar-refractivity contribution in [2.75, 3.05) is 10.6 Å². The minimum atomic E-state index is -0.373. The lowest BCUT2D eigenvalue weighted by Crippen LogP contribution is -2.22. The number of benzene rings is 2. The zero-order valence-electron chi connectivity index (χ0n) is 13.6. The van der Waals surface area contributed by atoms with Gasteiger partial charge in [-0.05, 0) is 37.3 Å². The van der Waals surface area contributed by atoms with Crippen LogP contribution in [0.4, 0.5) is 16.5 Å². The van der Waals surface area contributed by atoms with Crippen LogP contribution < -0.4 is 10.6 Å². The van der Waals surface area contributed by atoms with Gasteiger partial charge in [-0.2, -0.15) is 0 Å². The van der Waals surface area contributed by atoms with Gasteiger partial charge in [0.2, 0.25) is 11.0 Å². The summed E-state index contributed by atoms with van der Waals surface area (Å²) in [5, 5.41) is 15.4. The lowest BCUT2D eigenvalue weighted by atomic mass is 10.3. The standard InChI is InChI=1S/C17H14Cl2N4OS2/c1-10(15(24)21-14-9-11(18)7-8-13(14)19)25-17-23-22-16(26-17)20-12-5-3-2-4-6-12/h2-10H,1H3,(H,20,22)(H,21,24)/t10-/m1/s1. The average Bonchev–Trinajstić information content (AvgIpc) is 3.05. The molecule has 26 heavy (non-hydrogen) atoms. The zero-order chi connectivity index (χ0) is 18.5. The van der Waals surface area contributed by atoms with Crippen molar-refractivity contribution in [1.82, 2.24) is 10.2 Å². The lowest BCUT2D eigenvalue weighted by Gasteiger charge is -2.11. The molecule has 0 unspecified atom stereocenters. The normalized spacial score (nSPS) is 11.8. The molecule has 0 saturated heterocycles. The molecule has 134 valence electrons. The number of hydrogen-bond donors (Lipinski definition) is 2. The second-order valence-corrected chi connectivity index (χ2v) is 8.65. The van der Waals surface area contributed by atoms with Crippen molar-refractivity contribution in [2.45, 2.75) is 16.5 Å². The van der Waals surface area contributed by atoms with Crippen molar-refractivity contribution in [3.8, 4) is 0 Å². The first-order chi connectivity index (χ1) is 12.5. The van der Waals surface area contributed by atoms with E-state index in [0.29, 0.717) is 25.2 Å². The molecule has 1 heterocycles. The molecule has 0 radical (unpaired) electrons. The fourth-order valence-corrected chi connectivity index (χ4v) is 4.24. The maximum Gasteiger partial charge on any atom is 0.237 e. The molecule has 0 bridgehead atoms. The molecule has 2 aromatic carbocycles. The highest BCUT2D eigenvalue weighted by atomic mass is 35.5. The van der Waals surface area contributed by atoms with Crippen LogP contribution in [0.5, 0.6) is 0 Å². The van der Waals surface area contributed by atoms with Gasteiger partial charge in [0.1, 0.15) is 0 Å².